The molecule has 25 heavy (non-hydrogen) atoms. The smallest absolute Gasteiger partial charge is 0.253 e. The zero-order valence-electron chi connectivity index (χ0n) is 14.6. The Kier molecular flexibility index (Phi) is 9.86. The van der Waals surface area contributed by atoms with E-state index < -0.39 is 0 Å². The molecule has 1 aliphatic rings. The minimum absolute atomic E-state index is 0. The zero-order chi connectivity index (χ0) is 17.4. The molecular formula is C18H27Cl2N3O2. The average molecular weight is 388 g/mol. The highest BCUT2D eigenvalue weighted by Crippen LogP contribution is 2.19. The van der Waals surface area contributed by atoms with Gasteiger partial charge in [-0.1, -0.05) is 18.5 Å². The highest BCUT2D eigenvalue weighted by molar-refractivity contribution is 6.30. The maximum absolute atomic E-state index is 12.6. The summed E-state index contributed by atoms with van der Waals surface area (Å²) in [4.78, 5) is 26.6. The monoisotopic (exact) mass is 387 g/mol. The summed E-state index contributed by atoms with van der Waals surface area (Å²) in [7, 11) is 0. The molecule has 1 saturated heterocycles. The van der Waals surface area contributed by atoms with Crippen LogP contribution in [0.1, 0.15) is 36.5 Å². The fourth-order valence-corrected chi connectivity index (χ4v) is 3.00. The summed E-state index contributed by atoms with van der Waals surface area (Å²) in [6, 6.07) is 6.89. The van der Waals surface area contributed by atoms with Gasteiger partial charge in [-0.05, 0) is 50.1 Å². The van der Waals surface area contributed by atoms with Crippen molar-refractivity contribution in [2.45, 2.75) is 26.2 Å². The number of benzene rings is 1. The summed E-state index contributed by atoms with van der Waals surface area (Å²) in [6.45, 7) is 5.65. The average Bonchev–Trinajstić information content (AvgIpc) is 2.61. The van der Waals surface area contributed by atoms with Gasteiger partial charge in [0.25, 0.3) is 5.91 Å². The van der Waals surface area contributed by atoms with Crippen LogP contribution in [-0.2, 0) is 4.79 Å². The van der Waals surface area contributed by atoms with Crippen molar-refractivity contribution in [3.05, 3.63) is 34.9 Å². The normalized spacial score (nSPS) is 16.9. The van der Waals surface area contributed by atoms with Gasteiger partial charge in [-0.25, -0.2) is 0 Å². The number of nitrogens with zero attached hydrogens (tertiary/aromatic N) is 1. The first-order valence-electron chi connectivity index (χ1n) is 8.65. The molecule has 0 saturated carbocycles. The number of carbonyl (C=O) groups excluding carboxylic acids is 2. The Hall–Kier alpha value is -1.30. The lowest BCUT2D eigenvalue weighted by Crippen LogP contribution is -2.46. The number of halogens is 2. The summed E-state index contributed by atoms with van der Waals surface area (Å²) < 4.78 is 0. The Morgan fingerprint density at radius 1 is 1.20 bits per heavy atom. The van der Waals surface area contributed by atoms with Gasteiger partial charge >= 0.3 is 0 Å². The third-order valence-corrected chi connectivity index (χ3v) is 4.45. The van der Waals surface area contributed by atoms with E-state index in [0.29, 0.717) is 30.2 Å². The summed E-state index contributed by atoms with van der Waals surface area (Å²) >= 11 is 5.86. The van der Waals surface area contributed by atoms with Crippen molar-refractivity contribution >= 4 is 35.8 Å². The predicted molar refractivity (Wildman–Crippen MR) is 103 cm³/mol. The van der Waals surface area contributed by atoms with E-state index in [1.54, 1.807) is 29.2 Å². The lowest BCUT2D eigenvalue weighted by molar-refractivity contribution is -0.126. The number of hydrogen-bond acceptors (Lipinski definition) is 3. The Balaban J connectivity index is 0.00000312. The molecule has 2 rings (SSSR count). The number of nitrogens with one attached hydrogen (secondary N) is 2. The van der Waals surface area contributed by atoms with Crippen LogP contribution in [0.3, 0.4) is 0 Å². The zero-order valence-corrected chi connectivity index (χ0v) is 16.2. The predicted octanol–water partition coefficient (Wildman–Crippen LogP) is 2.73. The number of likely N-dealkylation sites (tertiary alicyclic amines) is 1. The van der Waals surface area contributed by atoms with Crippen molar-refractivity contribution in [2.24, 2.45) is 5.92 Å². The number of amides is 2. The molecule has 1 heterocycles. The molecular weight excluding hydrogens is 361 g/mol. The molecule has 0 spiro atoms. The van der Waals surface area contributed by atoms with Gasteiger partial charge in [-0.15, -0.1) is 12.4 Å². The van der Waals surface area contributed by atoms with Gasteiger partial charge in [0.05, 0.1) is 5.92 Å². The highest BCUT2D eigenvalue weighted by Gasteiger charge is 2.28. The Bertz CT molecular complexity index is 552. The lowest BCUT2D eigenvalue weighted by Gasteiger charge is -2.32. The highest BCUT2D eigenvalue weighted by atomic mass is 35.5. The van der Waals surface area contributed by atoms with E-state index in [2.05, 4.69) is 17.6 Å². The fraction of sp³-hybridized carbons (Fsp3) is 0.556. The van der Waals surface area contributed by atoms with Crippen LogP contribution in [0.25, 0.3) is 0 Å². The van der Waals surface area contributed by atoms with E-state index in [-0.39, 0.29) is 30.1 Å². The quantitative estimate of drug-likeness (QED) is 0.707. The molecule has 0 radical (unpaired) electrons. The maximum Gasteiger partial charge on any atom is 0.253 e. The topological polar surface area (TPSA) is 61.4 Å². The standard InChI is InChI=1S/C18H26ClN3O2.ClH/c1-2-9-20-10-11-21-17(23)15-4-3-12-22(13-15)18(24)14-5-7-16(19)8-6-14;/h5-8,15,20H,2-4,9-13H2,1H3,(H,21,23);1H. The van der Waals surface area contributed by atoms with Gasteiger partial charge in [0.15, 0.2) is 0 Å². The van der Waals surface area contributed by atoms with Crippen LogP contribution in [0.5, 0.6) is 0 Å². The van der Waals surface area contributed by atoms with Crippen LogP contribution in [0, 0.1) is 5.92 Å². The Morgan fingerprint density at radius 3 is 2.60 bits per heavy atom. The van der Waals surface area contributed by atoms with E-state index in [4.69, 9.17) is 11.6 Å². The Morgan fingerprint density at radius 2 is 1.92 bits per heavy atom. The third kappa shape index (κ3) is 6.84. The second-order valence-electron chi connectivity index (χ2n) is 6.14. The summed E-state index contributed by atoms with van der Waals surface area (Å²) in [5, 5.41) is 6.83. The number of hydrogen-bond donors (Lipinski definition) is 2. The van der Waals surface area contributed by atoms with Gasteiger partial charge in [0.1, 0.15) is 0 Å². The molecule has 7 heteroatoms. The molecule has 1 atom stereocenters. The van der Waals surface area contributed by atoms with Crippen LogP contribution in [0.4, 0.5) is 0 Å². The minimum atomic E-state index is -0.124. The lowest BCUT2D eigenvalue weighted by atomic mass is 9.96. The summed E-state index contributed by atoms with van der Waals surface area (Å²) in [5.41, 5.74) is 0.615. The molecule has 1 aromatic rings. The number of carbonyl (C=O) groups is 2. The second kappa shape index (κ2) is 11.3. The SMILES string of the molecule is CCCNCCNC(=O)C1CCCN(C(=O)c2ccc(Cl)cc2)C1.Cl. The first-order valence-corrected chi connectivity index (χ1v) is 9.03. The molecule has 5 nitrogen and oxygen atoms in total. The van der Waals surface area contributed by atoms with E-state index in [1.165, 1.54) is 0 Å². The molecule has 2 N–H and O–H groups in total. The number of piperidine rings is 1. The fourth-order valence-electron chi connectivity index (χ4n) is 2.87. The van der Waals surface area contributed by atoms with E-state index in [0.717, 1.165) is 32.4 Å². The minimum Gasteiger partial charge on any atom is -0.355 e. The molecule has 1 unspecified atom stereocenters. The van der Waals surface area contributed by atoms with Crippen LogP contribution >= 0.6 is 24.0 Å². The van der Waals surface area contributed by atoms with Crippen molar-refractivity contribution in [3.63, 3.8) is 0 Å². The number of rotatable bonds is 7. The van der Waals surface area contributed by atoms with Crippen molar-refractivity contribution < 1.29 is 9.59 Å². The molecule has 1 fully saturated rings. The van der Waals surface area contributed by atoms with Crippen LogP contribution < -0.4 is 10.6 Å². The van der Waals surface area contributed by atoms with Crippen LogP contribution in [0.15, 0.2) is 24.3 Å². The summed E-state index contributed by atoms with van der Waals surface area (Å²) in [5.74, 6) is -0.114. The van der Waals surface area contributed by atoms with Gasteiger partial charge in [0.2, 0.25) is 5.91 Å². The molecule has 0 aromatic heterocycles. The molecule has 0 bridgehead atoms. The van der Waals surface area contributed by atoms with E-state index in [9.17, 15) is 9.59 Å². The van der Waals surface area contributed by atoms with Gasteiger partial charge < -0.3 is 15.5 Å². The van der Waals surface area contributed by atoms with Gasteiger partial charge in [-0.3, -0.25) is 9.59 Å². The van der Waals surface area contributed by atoms with Crippen molar-refractivity contribution in [1.82, 2.24) is 15.5 Å². The third-order valence-electron chi connectivity index (χ3n) is 4.20. The molecule has 1 aromatic carbocycles. The molecule has 140 valence electrons. The van der Waals surface area contributed by atoms with Crippen LogP contribution in [0.2, 0.25) is 5.02 Å². The van der Waals surface area contributed by atoms with E-state index in [1.807, 2.05) is 0 Å². The van der Waals surface area contributed by atoms with Crippen molar-refractivity contribution in [3.8, 4) is 0 Å². The maximum atomic E-state index is 12.6. The van der Waals surface area contributed by atoms with Crippen molar-refractivity contribution in [1.29, 1.82) is 0 Å². The van der Waals surface area contributed by atoms with E-state index >= 15 is 0 Å². The summed E-state index contributed by atoms with van der Waals surface area (Å²) in [6.07, 6.45) is 2.77. The first kappa shape index (κ1) is 21.7. The van der Waals surface area contributed by atoms with Gasteiger partial charge in [0, 0.05) is 36.8 Å². The van der Waals surface area contributed by atoms with Gasteiger partial charge in [-0.2, -0.15) is 0 Å². The molecule has 0 aliphatic carbocycles. The molecule has 2 amide bonds. The molecule has 1 aliphatic heterocycles. The largest absolute Gasteiger partial charge is 0.355 e. The first-order chi connectivity index (χ1) is 11.6. The Labute approximate surface area is 160 Å². The second-order valence-corrected chi connectivity index (χ2v) is 6.57. The van der Waals surface area contributed by atoms with Crippen LogP contribution in [-0.4, -0.2) is 49.4 Å². The van der Waals surface area contributed by atoms with Crippen molar-refractivity contribution in [2.75, 3.05) is 32.7 Å².